The zero-order valence-corrected chi connectivity index (χ0v) is 22.7. The van der Waals surface area contributed by atoms with Crippen LogP contribution in [0.15, 0.2) is 57.7 Å². The average molecular weight is 550 g/mol. The number of benzene rings is 2. The van der Waals surface area contributed by atoms with E-state index in [9.17, 15) is 19.2 Å². The molecule has 1 aromatic heterocycles. The maximum Gasteiger partial charge on any atom is 0.287 e. The number of hydrogen-bond acceptors (Lipinski definition) is 5. The third kappa shape index (κ3) is 6.01. The summed E-state index contributed by atoms with van der Waals surface area (Å²) < 4.78 is 5.60. The van der Waals surface area contributed by atoms with Crippen molar-refractivity contribution in [2.24, 2.45) is 0 Å². The lowest BCUT2D eigenvalue weighted by Crippen LogP contribution is -2.49. The van der Waals surface area contributed by atoms with Gasteiger partial charge in [-0.15, -0.1) is 0 Å². The Bertz CT molecular complexity index is 1460. The Balaban J connectivity index is 1.20. The molecule has 3 amide bonds. The lowest BCUT2D eigenvalue weighted by atomic mass is 9.86. The first-order valence-electron chi connectivity index (χ1n) is 13.5. The number of rotatable bonds is 6. The fraction of sp³-hybridized carbons (Fsp3) is 0.400. The molecule has 1 N–H and O–H groups in total. The average Bonchev–Trinajstić information content (AvgIpc) is 2.94. The van der Waals surface area contributed by atoms with Gasteiger partial charge in [-0.25, -0.2) is 0 Å². The van der Waals surface area contributed by atoms with Crippen molar-refractivity contribution in [3.63, 3.8) is 0 Å². The zero-order chi connectivity index (χ0) is 27.5. The van der Waals surface area contributed by atoms with E-state index in [0.29, 0.717) is 42.4 Å². The SMILES string of the molecule is CC(NC(=O)c1cc(=O)c2ccc(Cl)cc2o1)C(=O)N1CCC(c2ccccc2CN2CCCCC2=O)CC1. The molecule has 0 spiro atoms. The maximum absolute atomic E-state index is 13.2. The smallest absolute Gasteiger partial charge is 0.287 e. The van der Waals surface area contributed by atoms with Gasteiger partial charge in [-0.2, -0.15) is 0 Å². The fourth-order valence-corrected chi connectivity index (χ4v) is 5.73. The highest BCUT2D eigenvalue weighted by molar-refractivity contribution is 6.31. The monoisotopic (exact) mass is 549 g/mol. The second-order valence-corrected chi connectivity index (χ2v) is 10.8. The van der Waals surface area contributed by atoms with Crippen LogP contribution in [0.1, 0.15) is 66.6 Å². The first kappa shape index (κ1) is 26.9. The number of fused-ring (bicyclic) bond motifs is 1. The predicted molar refractivity (Wildman–Crippen MR) is 149 cm³/mol. The van der Waals surface area contributed by atoms with Crippen molar-refractivity contribution < 1.29 is 18.8 Å². The molecule has 2 fully saturated rings. The first-order chi connectivity index (χ1) is 18.8. The molecule has 0 aliphatic carbocycles. The summed E-state index contributed by atoms with van der Waals surface area (Å²) in [6, 6.07) is 13.2. The van der Waals surface area contributed by atoms with Gasteiger partial charge in [-0.05, 0) is 61.8 Å². The van der Waals surface area contributed by atoms with Gasteiger partial charge in [0.2, 0.25) is 11.8 Å². The molecule has 2 aromatic carbocycles. The van der Waals surface area contributed by atoms with Gasteiger partial charge in [0.05, 0.1) is 5.39 Å². The third-order valence-electron chi connectivity index (χ3n) is 7.72. The molecule has 0 saturated carbocycles. The zero-order valence-electron chi connectivity index (χ0n) is 22.0. The fourth-order valence-electron chi connectivity index (χ4n) is 5.57. The largest absolute Gasteiger partial charge is 0.451 e. The molecule has 0 radical (unpaired) electrons. The van der Waals surface area contributed by atoms with Gasteiger partial charge < -0.3 is 19.5 Å². The lowest BCUT2D eigenvalue weighted by molar-refractivity contribution is -0.134. The molecule has 2 aliphatic heterocycles. The van der Waals surface area contributed by atoms with Crippen molar-refractivity contribution in [2.75, 3.05) is 19.6 Å². The topological polar surface area (TPSA) is 99.9 Å². The number of piperidine rings is 2. The van der Waals surface area contributed by atoms with Crippen molar-refractivity contribution in [1.82, 2.24) is 15.1 Å². The van der Waals surface area contributed by atoms with E-state index in [-0.39, 0.29) is 28.6 Å². The molecule has 3 aromatic rings. The van der Waals surface area contributed by atoms with Gasteiger partial charge >= 0.3 is 0 Å². The maximum atomic E-state index is 13.2. The van der Waals surface area contributed by atoms with E-state index >= 15 is 0 Å². The van der Waals surface area contributed by atoms with E-state index in [4.69, 9.17) is 16.0 Å². The van der Waals surface area contributed by atoms with Crippen LogP contribution in [0.5, 0.6) is 0 Å². The summed E-state index contributed by atoms with van der Waals surface area (Å²) in [5, 5.41) is 3.38. The van der Waals surface area contributed by atoms with Crippen LogP contribution in [-0.2, 0) is 16.1 Å². The van der Waals surface area contributed by atoms with Crippen molar-refractivity contribution in [3.8, 4) is 0 Å². The van der Waals surface area contributed by atoms with Gasteiger partial charge in [0.15, 0.2) is 11.2 Å². The molecular formula is C30H32ClN3O5. The van der Waals surface area contributed by atoms with Crippen LogP contribution < -0.4 is 10.7 Å². The number of likely N-dealkylation sites (tertiary alicyclic amines) is 2. The summed E-state index contributed by atoms with van der Waals surface area (Å²) in [5.74, 6) is -0.462. The highest BCUT2D eigenvalue weighted by atomic mass is 35.5. The van der Waals surface area contributed by atoms with Crippen LogP contribution >= 0.6 is 11.6 Å². The highest BCUT2D eigenvalue weighted by Gasteiger charge is 2.29. The summed E-state index contributed by atoms with van der Waals surface area (Å²) >= 11 is 5.99. The molecule has 8 nitrogen and oxygen atoms in total. The van der Waals surface area contributed by atoms with Crippen LogP contribution in [0.2, 0.25) is 5.02 Å². The van der Waals surface area contributed by atoms with E-state index in [2.05, 4.69) is 17.4 Å². The van der Waals surface area contributed by atoms with Gasteiger partial charge in [0.1, 0.15) is 11.6 Å². The number of carbonyl (C=O) groups is 3. The molecule has 204 valence electrons. The van der Waals surface area contributed by atoms with Crippen molar-refractivity contribution in [3.05, 3.63) is 80.7 Å². The van der Waals surface area contributed by atoms with E-state index in [1.807, 2.05) is 17.0 Å². The minimum absolute atomic E-state index is 0.170. The molecular weight excluding hydrogens is 518 g/mol. The highest BCUT2D eigenvalue weighted by Crippen LogP contribution is 2.32. The molecule has 1 atom stereocenters. The molecule has 3 heterocycles. The molecule has 2 saturated heterocycles. The molecule has 2 aliphatic rings. The Hall–Kier alpha value is -3.65. The Morgan fingerprint density at radius 3 is 2.59 bits per heavy atom. The van der Waals surface area contributed by atoms with E-state index < -0.39 is 11.9 Å². The van der Waals surface area contributed by atoms with Crippen LogP contribution in [0, 0.1) is 0 Å². The van der Waals surface area contributed by atoms with Crippen LogP contribution in [0.3, 0.4) is 0 Å². The second kappa shape index (κ2) is 11.6. The number of halogens is 1. The number of nitrogens with one attached hydrogen (secondary N) is 1. The number of hydrogen-bond donors (Lipinski definition) is 1. The Kier molecular flexibility index (Phi) is 8.02. The summed E-state index contributed by atoms with van der Waals surface area (Å²) in [6.07, 6.45) is 4.24. The normalized spacial score (nSPS) is 17.3. The minimum atomic E-state index is -0.785. The number of carbonyl (C=O) groups excluding carboxylic acids is 3. The lowest BCUT2D eigenvalue weighted by Gasteiger charge is -2.35. The Labute approximate surface area is 231 Å². The summed E-state index contributed by atoms with van der Waals surface area (Å²) in [4.78, 5) is 54.4. The van der Waals surface area contributed by atoms with Crippen molar-refractivity contribution >= 4 is 40.3 Å². The van der Waals surface area contributed by atoms with Gasteiger partial charge in [0.25, 0.3) is 5.91 Å². The van der Waals surface area contributed by atoms with Crippen LogP contribution in [0.4, 0.5) is 0 Å². The van der Waals surface area contributed by atoms with Crippen LogP contribution in [-0.4, -0.2) is 53.2 Å². The van der Waals surface area contributed by atoms with Crippen molar-refractivity contribution in [1.29, 1.82) is 0 Å². The molecule has 0 bridgehead atoms. The predicted octanol–water partition coefficient (Wildman–Crippen LogP) is 4.48. The molecule has 5 rings (SSSR count). The van der Waals surface area contributed by atoms with E-state index in [1.54, 1.807) is 24.0 Å². The second-order valence-electron chi connectivity index (χ2n) is 10.4. The van der Waals surface area contributed by atoms with E-state index in [1.165, 1.54) is 17.2 Å². The van der Waals surface area contributed by atoms with Gasteiger partial charge in [-0.1, -0.05) is 35.9 Å². The molecule has 39 heavy (non-hydrogen) atoms. The summed E-state index contributed by atoms with van der Waals surface area (Å²) in [5.41, 5.74) is 2.28. The quantitative estimate of drug-likeness (QED) is 0.488. The summed E-state index contributed by atoms with van der Waals surface area (Å²) in [7, 11) is 0. The number of amides is 3. The van der Waals surface area contributed by atoms with Crippen LogP contribution in [0.25, 0.3) is 11.0 Å². The molecule has 9 heteroatoms. The van der Waals surface area contributed by atoms with Gasteiger partial charge in [-0.3, -0.25) is 19.2 Å². The number of nitrogens with zero attached hydrogens (tertiary/aromatic N) is 2. The Morgan fingerprint density at radius 1 is 1.05 bits per heavy atom. The molecule has 1 unspecified atom stereocenters. The Morgan fingerprint density at radius 2 is 1.82 bits per heavy atom. The minimum Gasteiger partial charge on any atom is -0.451 e. The standard InChI is InChI=1S/C30H32ClN3O5/c1-19(32-29(37)27-17-25(35)24-10-9-22(31)16-26(24)39-27)30(38)33-14-11-20(12-15-33)23-7-3-2-6-21(23)18-34-13-5-4-8-28(34)36/h2-3,6-7,9-10,16-17,19-20H,4-5,8,11-15,18H2,1H3,(H,32,37). The first-order valence-corrected chi connectivity index (χ1v) is 13.9. The van der Waals surface area contributed by atoms with Crippen molar-refractivity contribution in [2.45, 2.75) is 57.5 Å². The van der Waals surface area contributed by atoms with Gasteiger partial charge in [0, 0.05) is 49.8 Å². The third-order valence-corrected chi connectivity index (χ3v) is 7.95. The summed E-state index contributed by atoms with van der Waals surface area (Å²) in [6.45, 7) is 4.22. The van der Waals surface area contributed by atoms with E-state index in [0.717, 1.165) is 38.3 Å².